The number of rotatable bonds is 5. The number of aromatic carboxylic acids is 1. The summed E-state index contributed by atoms with van der Waals surface area (Å²) >= 11 is 0. The highest BCUT2D eigenvalue weighted by Gasteiger charge is 2.15. The van der Waals surface area contributed by atoms with Crippen LogP contribution in [0.4, 0.5) is 0 Å². The van der Waals surface area contributed by atoms with E-state index in [2.05, 4.69) is 0 Å². The van der Waals surface area contributed by atoms with Crippen molar-refractivity contribution in [2.75, 3.05) is 20.8 Å². The second kappa shape index (κ2) is 6.98. The average molecular weight is 262 g/mol. The van der Waals surface area contributed by atoms with Crippen molar-refractivity contribution in [3.8, 4) is 11.5 Å². The largest absolute Gasteiger partial charge is 0.496 e. The van der Waals surface area contributed by atoms with Gasteiger partial charge in [-0.15, -0.1) is 12.4 Å². The summed E-state index contributed by atoms with van der Waals surface area (Å²) in [6, 6.07) is 3.10. The minimum Gasteiger partial charge on any atom is -0.496 e. The van der Waals surface area contributed by atoms with Crippen molar-refractivity contribution in [3.63, 3.8) is 0 Å². The lowest BCUT2D eigenvalue weighted by Gasteiger charge is -2.12. The lowest BCUT2D eigenvalue weighted by molar-refractivity contribution is 0.0693. The van der Waals surface area contributed by atoms with Crippen LogP contribution in [0.3, 0.4) is 0 Å². The molecule has 5 nitrogen and oxygen atoms in total. The zero-order chi connectivity index (χ0) is 12.1. The van der Waals surface area contributed by atoms with Crippen LogP contribution in [0.15, 0.2) is 12.1 Å². The second-order valence-electron chi connectivity index (χ2n) is 3.21. The molecule has 0 aliphatic rings. The van der Waals surface area contributed by atoms with E-state index in [4.69, 9.17) is 20.3 Å². The molecular weight excluding hydrogens is 246 g/mol. The van der Waals surface area contributed by atoms with E-state index in [-0.39, 0.29) is 18.0 Å². The molecule has 0 saturated carbocycles. The monoisotopic (exact) mass is 261 g/mol. The third-order valence-corrected chi connectivity index (χ3v) is 2.25. The smallest absolute Gasteiger partial charge is 0.339 e. The van der Waals surface area contributed by atoms with E-state index in [1.54, 1.807) is 6.07 Å². The van der Waals surface area contributed by atoms with Crippen LogP contribution < -0.4 is 15.2 Å². The Morgan fingerprint density at radius 3 is 2.29 bits per heavy atom. The van der Waals surface area contributed by atoms with Crippen LogP contribution >= 0.6 is 12.4 Å². The Kier molecular flexibility index (Phi) is 6.38. The van der Waals surface area contributed by atoms with Gasteiger partial charge in [-0.3, -0.25) is 0 Å². The van der Waals surface area contributed by atoms with Gasteiger partial charge in [0.25, 0.3) is 0 Å². The Bertz CT molecular complexity index is 395. The minimum atomic E-state index is -1.05. The molecule has 17 heavy (non-hydrogen) atoms. The Morgan fingerprint density at radius 2 is 1.88 bits per heavy atom. The topological polar surface area (TPSA) is 81.8 Å². The van der Waals surface area contributed by atoms with Gasteiger partial charge in [-0.1, -0.05) is 0 Å². The van der Waals surface area contributed by atoms with E-state index in [1.165, 1.54) is 20.3 Å². The molecule has 1 rings (SSSR count). The number of methoxy groups -OCH3 is 2. The third kappa shape index (κ3) is 3.51. The van der Waals surface area contributed by atoms with Gasteiger partial charge >= 0.3 is 5.97 Å². The quantitative estimate of drug-likeness (QED) is 0.836. The minimum absolute atomic E-state index is 0. The molecule has 0 atom stereocenters. The van der Waals surface area contributed by atoms with Crippen LogP contribution in [0.5, 0.6) is 11.5 Å². The summed E-state index contributed by atoms with van der Waals surface area (Å²) in [6.07, 6.45) is 0.611. The molecule has 0 spiro atoms. The third-order valence-electron chi connectivity index (χ3n) is 2.25. The number of benzene rings is 1. The molecule has 3 N–H and O–H groups in total. The first kappa shape index (κ1) is 15.5. The lowest BCUT2D eigenvalue weighted by atomic mass is 10.1. The SMILES string of the molecule is COc1cc(C(=O)O)c(OC)cc1CCN.Cl. The zero-order valence-corrected chi connectivity index (χ0v) is 10.5. The molecule has 6 heteroatoms. The molecule has 0 aromatic heterocycles. The van der Waals surface area contributed by atoms with Crippen molar-refractivity contribution >= 4 is 18.4 Å². The standard InChI is InChI=1S/C11H15NO4.ClH/c1-15-9-6-8(11(13)14)10(16-2)5-7(9)3-4-12;/h5-6H,3-4,12H2,1-2H3,(H,13,14);1H. The van der Waals surface area contributed by atoms with Crippen molar-refractivity contribution in [2.24, 2.45) is 5.73 Å². The molecule has 0 aliphatic carbocycles. The summed E-state index contributed by atoms with van der Waals surface area (Å²) in [5.41, 5.74) is 6.38. The first-order valence-corrected chi connectivity index (χ1v) is 4.82. The number of nitrogens with two attached hydrogens (primary N) is 1. The molecular formula is C11H16ClNO4. The first-order chi connectivity index (χ1) is 7.63. The second-order valence-corrected chi connectivity index (χ2v) is 3.21. The van der Waals surface area contributed by atoms with Gasteiger partial charge in [-0.05, 0) is 30.7 Å². The van der Waals surface area contributed by atoms with E-state index in [0.717, 1.165) is 5.56 Å². The molecule has 0 saturated heterocycles. The fourth-order valence-corrected chi connectivity index (χ4v) is 1.48. The van der Waals surface area contributed by atoms with Gasteiger partial charge in [0.15, 0.2) is 0 Å². The molecule has 0 unspecified atom stereocenters. The van der Waals surface area contributed by atoms with Crippen molar-refractivity contribution < 1.29 is 19.4 Å². The molecule has 0 aliphatic heterocycles. The zero-order valence-electron chi connectivity index (χ0n) is 9.73. The summed E-state index contributed by atoms with van der Waals surface area (Å²) in [6.45, 7) is 0.464. The first-order valence-electron chi connectivity index (χ1n) is 4.82. The number of carboxylic acids is 1. The summed E-state index contributed by atoms with van der Waals surface area (Å²) in [4.78, 5) is 11.0. The maximum absolute atomic E-state index is 11.0. The predicted octanol–water partition coefficient (Wildman–Crippen LogP) is 1.32. The van der Waals surface area contributed by atoms with Crippen molar-refractivity contribution in [3.05, 3.63) is 23.3 Å². The van der Waals surface area contributed by atoms with Crippen molar-refractivity contribution in [1.29, 1.82) is 0 Å². The Hall–Kier alpha value is -1.46. The molecule has 0 fully saturated rings. The van der Waals surface area contributed by atoms with Crippen molar-refractivity contribution in [1.82, 2.24) is 0 Å². The maximum Gasteiger partial charge on any atom is 0.339 e. The maximum atomic E-state index is 11.0. The number of ether oxygens (including phenoxy) is 2. The fraction of sp³-hybridized carbons (Fsp3) is 0.364. The van der Waals surface area contributed by atoms with E-state index >= 15 is 0 Å². The molecule has 1 aromatic carbocycles. The van der Waals surface area contributed by atoms with Crippen molar-refractivity contribution in [2.45, 2.75) is 6.42 Å². The van der Waals surface area contributed by atoms with Crippen LogP contribution in [0.1, 0.15) is 15.9 Å². The van der Waals surface area contributed by atoms with Crippen LogP contribution in [-0.4, -0.2) is 31.8 Å². The van der Waals surface area contributed by atoms with Crippen LogP contribution in [0.25, 0.3) is 0 Å². The number of hydrogen-bond acceptors (Lipinski definition) is 4. The molecule has 0 heterocycles. The Morgan fingerprint density at radius 1 is 1.29 bits per heavy atom. The molecule has 96 valence electrons. The molecule has 0 radical (unpaired) electrons. The van der Waals surface area contributed by atoms with E-state index in [9.17, 15) is 4.79 Å². The molecule has 0 amide bonds. The summed E-state index contributed by atoms with van der Waals surface area (Å²) < 4.78 is 10.1. The fourth-order valence-electron chi connectivity index (χ4n) is 1.48. The van der Waals surface area contributed by atoms with E-state index in [1.807, 2.05) is 0 Å². The Balaban J connectivity index is 0.00000256. The normalized spacial score (nSPS) is 9.35. The van der Waals surface area contributed by atoms with Gasteiger partial charge in [0.05, 0.1) is 14.2 Å². The van der Waals surface area contributed by atoms with Crippen LogP contribution in [-0.2, 0) is 6.42 Å². The van der Waals surface area contributed by atoms with Gasteiger partial charge in [-0.2, -0.15) is 0 Å². The van der Waals surface area contributed by atoms with Gasteiger partial charge in [0, 0.05) is 0 Å². The number of hydrogen-bond donors (Lipinski definition) is 2. The van der Waals surface area contributed by atoms with E-state index < -0.39 is 5.97 Å². The average Bonchev–Trinajstić information content (AvgIpc) is 2.28. The lowest BCUT2D eigenvalue weighted by Crippen LogP contribution is -2.07. The van der Waals surface area contributed by atoms with E-state index in [0.29, 0.717) is 24.5 Å². The van der Waals surface area contributed by atoms with Crippen LogP contribution in [0.2, 0.25) is 0 Å². The Labute approximate surface area is 106 Å². The highest BCUT2D eigenvalue weighted by atomic mass is 35.5. The van der Waals surface area contributed by atoms with Gasteiger partial charge in [0.1, 0.15) is 17.1 Å². The summed E-state index contributed by atoms with van der Waals surface area (Å²) in [7, 11) is 2.92. The van der Waals surface area contributed by atoms with Crippen LogP contribution in [0, 0.1) is 0 Å². The van der Waals surface area contributed by atoms with Gasteiger partial charge in [-0.25, -0.2) is 4.79 Å². The number of carboxylic acid groups (broad SMARTS) is 1. The number of carbonyl (C=O) groups is 1. The summed E-state index contributed by atoms with van der Waals surface area (Å²) in [5, 5.41) is 8.98. The molecule has 0 bridgehead atoms. The number of halogens is 1. The van der Waals surface area contributed by atoms with Gasteiger partial charge < -0.3 is 20.3 Å². The molecule has 1 aromatic rings. The highest BCUT2D eigenvalue weighted by molar-refractivity contribution is 5.91. The summed E-state index contributed by atoms with van der Waals surface area (Å²) in [5.74, 6) is -0.213. The highest BCUT2D eigenvalue weighted by Crippen LogP contribution is 2.29. The predicted molar refractivity (Wildman–Crippen MR) is 66.5 cm³/mol. The van der Waals surface area contributed by atoms with Gasteiger partial charge in [0.2, 0.25) is 0 Å².